The molecule has 70 valence electrons. The van der Waals surface area contributed by atoms with Crippen LogP contribution in [0.3, 0.4) is 0 Å². The van der Waals surface area contributed by atoms with Crippen molar-refractivity contribution in [1.29, 1.82) is 0 Å². The fourth-order valence-corrected chi connectivity index (χ4v) is 3.43. The summed E-state index contributed by atoms with van der Waals surface area (Å²) in [6, 6.07) is 0. The molecule has 0 N–H and O–H groups in total. The van der Waals surface area contributed by atoms with Gasteiger partial charge in [-0.3, -0.25) is 0 Å². The third-order valence-electron chi connectivity index (χ3n) is 3.18. The van der Waals surface area contributed by atoms with Crippen molar-refractivity contribution in [3.05, 3.63) is 5.69 Å². The molecule has 2 fully saturated rings. The van der Waals surface area contributed by atoms with Gasteiger partial charge in [0, 0.05) is 19.0 Å². The number of hydrogen-bond donors (Lipinski definition) is 1. The zero-order valence-electron chi connectivity index (χ0n) is 7.18. The van der Waals surface area contributed by atoms with E-state index < -0.39 is 0 Å². The Morgan fingerprint density at radius 2 is 2.31 bits per heavy atom. The summed E-state index contributed by atoms with van der Waals surface area (Å²) in [6.45, 7) is 3.71. The van der Waals surface area contributed by atoms with Gasteiger partial charge in [-0.15, -0.1) is 12.6 Å². The molecule has 1 aromatic heterocycles. The maximum absolute atomic E-state index is 4.34. The summed E-state index contributed by atoms with van der Waals surface area (Å²) in [5.41, 5.74) is 1.14. The number of piperidine rings is 1. The van der Waals surface area contributed by atoms with Crippen LogP contribution in [0.1, 0.15) is 18.0 Å². The van der Waals surface area contributed by atoms with Crippen molar-refractivity contribution in [2.75, 3.05) is 19.6 Å². The fraction of sp³-hybridized carbons (Fsp3) is 0.750. The molecule has 0 saturated carbocycles. The van der Waals surface area contributed by atoms with Gasteiger partial charge < -0.3 is 4.90 Å². The van der Waals surface area contributed by atoms with Gasteiger partial charge in [-0.25, -0.2) is 0 Å². The number of rotatable bonds is 1. The van der Waals surface area contributed by atoms with Crippen LogP contribution in [0.4, 0.5) is 0 Å². The zero-order chi connectivity index (χ0) is 8.84. The number of nitrogens with zero attached hydrogens (tertiary/aromatic N) is 3. The highest BCUT2D eigenvalue weighted by atomic mass is 32.1. The molecule has 0 amide bonds. The van der Waals surface area contributed by atoms with Gasteiger partial charge in [0.15, 0.2) is 0 Å². The molecule has 0 radical (unpaired) electrons. The SMILES string of the molecule is Sc1nsnc1C1CN2CCC1C2. The molecule has 0 spiro atoms. The normalized spacial score (nSPS) is 37.2. The maximum atomic E-state index is 4.34. The average Bonchev–Trinajstić information content (AvgIpc) is 2.77. The molecule has 3 heterocycles. The van der Waals surface area contributed by atoms with Gasteiger partial charge in [-0.05, 0) is 18.9 Å². The Bertz CT molecular complexity index is 325. The van der Waals surface area contributed by atoms with Crippen LogP contribution in [0.2, 0.25) is 0 Å². The molecule has 5 heteroatoms. The lowest BCUT2D eigenvalue weighted by Gasteiger charge is -2.20. The minimum Gasteiger partial charge on any atom is -0.302 e. The van der Waals surface area contributed by atoms with Gasteiger partial charge in [0.05, 0.1) is 17.4 Å². The monoisotopic (exact) mass is 213 g/mol. The minimum atomic E-state index is 0.611. The lowest BCUT2D eigenvalue weighted by molar-refractivity contribution is 0.342. The largest absolute Gasteiger partial charge is 0.302 e. The van der Waals surface area contributed by atoms with Crippen LogP contribution in [0, 0.1) is 5.92 Å². The third-order valence-corrected chi connectivity index (χ3v) is 4.19. The number of fused-ring (bicyclic) bond motifs is 2. The Morgan fingerprint density at radius 3 is 2.85 bits per heavy atom. The van der Waals surface area contributed by atoms with Gasteiger partial charge in [0.2, 0.25) is 0 Å². The van der Waals surface area contributed by atoms with Crippen molar-refractivity contribution in [3.63, 3.8) is 0 Å². The van der Waals surface area contributed by atoms with Crippen LogP contribution in [-0.2, 0) is 0 Å². The van der Waals surface area contributed by atoms with E-state index in [0.717, 1.165) is 16.6 Å². The predicted octanol–water partition coefficient (Wildman–Crippen LogP) is 1.25. The second-order valence-electron chi connectivity index (χ2n) is 3.89. The molecule has 3 unspecified atom stereocenters. The standard InChI is InChI=1S/C8H11N3S2/c12-8-7(9-13-10-8)6-4-11-2-1-5(6)3-11/h5-6H,1-4H2,(H,10,12). The maximum Gasteiger partial charge on any atom is 0.131 e. The van der Waals surface area contributed by atoms with E-state index in [0.29, 0.717) is 5.92 Å². The Hall–Kier alpha value is -0.130. The molecule has 3 nitrogen and oxygen atoms in total. The Morgan fingerprint density at radius 1 is 1.38 bits per heavy atom. The molecule has 0 aromatic carbocycles. The van der Waals surface area contributed by atoms with Gasteiger partial charge in [0.25, 0.3) is 0 Å². The molecule has 1 aromatic rings. The molecule has 2 bridgehead atoms. The lowest BCUT2D eigenvalue weighted by Crippen LogP contribution is -2.22. The topological polar surface area (TPSA) is 29.0 Å². The van der Waals surface area contributed by atoms with Gasteiger partial charge in [-0.1, -0.05) is 0 Å². The quantitative estimate of drug-likeness (QED) is 0.712. The van der Waals surface area contributed by atoms with Crippen molar-refractivity contribution in [2.45, 2.75) is 17.4 Å². The lowest BCUT2D eigenvalue weighted by atomic mass is 9.90. The van der Waals surface area contributed by atoms with Crippen LogP contribution in [0.15, 0.2) is 5.03 Å². The van der Waals surface area contributed by atoms with Gasteiger partial charge >= 0.3 is 0 Å². The summed E-state index contributed by atoms with van der Waals surface area (Å²) in [4.78, 5) is 2.52. The Labute approximate surface area is 86.9 Å². The summed E-state index contributed by atoms with van der Waals surface area (Å²) in [5.74, 6) is 1.43. The van der Waals surface area contributed by atoms with E-state index in [2.05, 4.69) is 26.3 Å². The second kappa shape index (κ2) is 2.93. The molecule has 3 rings (SSSR count). The van der Waals surface area contributed by atoms with Crippen molar-refractivity contribution in [2.24, 2.45) is 5.92 Å². The second-order valence-corrected chi connectivity index (χ2v) is 4.84. The summed E-state index contributed by atoms with van der Waals surface area (Å²) in [7, 11) is 0. The first-order chi connectivity index (χ1) is 6.34. The highest BCUT2D eigenvalue weighted by Gasteiger charge is 2.40. The number of aromatic nitrogens is 2. The summed E-state index contributed by atoms with van der Waals surface area (Å²) >= 11 is 5.62. The number of hydrogen-bond acceptors (Lipinski definition) is 5. The van der Waals surface area contributed by atoms with Gasteiger partial charge in [-0.2, -0.15) is 8.75 Å². The van der Waals surface area contributed by atoms with E-state index in [9.17, 15) is 0 Å². The number of thiol groups is 1. The van der Waals surface area contributed by atoms with Crippen LogP contribution >= 0.6 is 24.4 Å². The molecule has 2 aliphatic heterocycles. The van der Waals surface area contributed by atoms with E-state index in [4.69, 9.17) is 0 Å². The van der Waals surface area contributed by atoms with Crippen molar-refractivity contribution in [3.8, 4) is 0 Å². The Balaban J connectivity index is 1.91. The summed E-state index contributed by atoms with van der Waals surface area (Å²) < 4.78 is 8.47. The van der Waals surface area contributed by atoms with Crippen molar-refractivity contribution in [1.82, 2.24) is 13.6 Å². The van der Waals surface area contributed by atoms with E-state index >= 15 is 0 Å². The summed E-state index contributed by atoms with van der Waals surface area (Å²) in [5, 5.41) is 0.851. The van der Waals surface area contributed by atoms with Gasteiger partial charge in [0.1, 0.15) is 5.03 Å². The zero-order valence-corrected chi connectivity index (χ0v) is 8.89. The highest BCUT2D eigenvalue weighted by Crippen LogP contribution is 2.40. The molecule has 3 atom stereocenters. The molecular weight excluding hydrogens is 202 g/mol. The minimum absolute atomic E-state index is 0.611. The Kier molecular flexibility index (Phi) is 1.85. The van der Waals surface area contributed by atoms with Crippen LogP contribution in [0.5, 0.6) is 0 Å². The molecule has 0 aliphatic carbocycles. The van der Waals surface area contributed by atoms with E-state index in [1.165, 1.54) is 37.8 Å². The van der Waals surface area contributed by atoms with Crippen LogP contribution in [0.25, 0.3) is 0 Å². The van der Waals surface area contributed by atoms with Crippen LogP contribution < -0.4 is 0 Å². The first-order valence-electron chi connectivity index (χ1n) is 4.58. The van der Waals surface area contributed by atoms with E-state index in [1.54, 1.807) is 0 Å². The first-order valence-corrected chi connectivity index (χ1v) is 5.76. The molecule has 13 heavy (non-hydrogen) atoms. The average molecular weight is 213 g/mol. The summed E-state index contributed by atoms with van der Waals surface area (Å²) in [6.07, 6.45) is 1.33. The molecular formula is C8H11N3S2. The molecule has 2 aliphatic rings. The predicted molar refractivity (Wildman–Crippen MR) is 54.4 cm³/mol. The van der Waals surface area contributed by atoms with Crippen molar-refractivity contribution >= 4 is 24.4 Å². The molecule has 2 saturated heterocycles. The van der Waals surface area contributed by atoms with E-state index in [1.807, 2.05) is 0 Å². The fourth-order valence-electron chi connectivity index (χ4n) is 2.52. The van der Waals surface area contributed by atoms with Crippen molar-refractivity contribution < 1.29 is 0 Å². The highest BCUT2D eigenvalue weighted by molar-refractivity contribution is 7.80. The first kappa shape index (κ1) is 8.20. The smallest absolute Gasteiger partial charge is 0.131 e. The van der Waals surface area contributed by atoms with Crippen LogP contribution in [-0.4, -0.2) is 33.3 Å². The van der Waals surface area contributed by atoms with E-state index in [-0.39, 0.29) is 0 Å². The third kappa shape index (κ3) is 1.21.